The van der Waals surface area contributed by atoms with Gasteiger partial charge in [0, 0.05) is 18.3 Å². The summed E-state index contributed by atoms with van der Waals surface area (Å²) in [5.74, 6) is 0.866. The third-order valence-corrected chi connectivity index (χ3v) is 4.06. The highest BCUT2D eigenvalue weighted by Gasteiger charge is 2.17. The van der Waals surface area contributed by atoms with Crippen LogP contribution in [-0.2, 0) is 6.54 Å². The monoisotopic (exact) mass is 276 g/mol. The second kappa shape index (κ2) is 7.29. The predicted molar refractivity (Wildman–Crippen MR) is 81.0 cm³/mol. The van der Waals surface area contributed by atoms with Crippen molar-refractivity contribution in [3.05, 3.63) is 29.8 Å². The number of nitrogens with one attached hydrogen (secondary N) is 2. The molecule has 1 aliphatic carbocycles. The number of amides is 1. The van der Waals surface area contributed by atoms with Gasteiger partial charge in [-0.1, -0.05) is 43.9 Å². The third kappa shape index (κ3) is 4.53. The molecular formula is C16H24N2O2. The van der Waals surface area contributed by atoms with Crippen molar-refractivity contribution in [1.82, 2.24) is 5.32 Å². The highest BCUT2D eigenvalue weighted by Crippen LogP contribution is 2.28. The molecule has 1 amide bonds. The second-order valence-corrected chi connectivity index (χ2v) is 5.76. The maximum Gasteiger partial charge on any atom is 0.409 e. The number of carboxylic acid groups (broad SMARTS) is 1. The Morgan fingerprint density at radius 1 is 1.35 bits per heavy atom. The third-order valence-electron chi connectivity index (χ3n) is 4.06. The zero-order valence-corrected chi connectivity index (χ0v) is 12.1. The number of hydrogen-bond acceptors (Lipinski definition) is 2. The van der Waals surface area contributed by atoms with Gasteiger partial charge < -0.3 is 10.4 Å². The van der Waals surface area contributed by atoms with Crippen LogP contribution in [0.4, 0.5) is 10.5 Å². The molecular weight excluding hydrogens is 252 g/mol. The summed E-state index contributed by atoms with van der Waals surface area (Å²) in [6.45, 7) is 2.91. The molecule has 1 aromatic carbocycles. The van der Waals surface area contributed by atoms with E-state index in [1.165, 1.54) is 32.1 Å². The number of benzene rings is 1. The van der Waals surface area contributed by atoms with Crippen LogP contribution in [0.5, 0.6) is 0 Å². The minimum atomic E-state index is -1.02. The molecule has 0 unspecified atom stereocenters. The molecule has 0 spiro atoms. The van der Waals surface area contributed by atoms with Gasteiger partial charge in [-0.2, -0.15) is 0 Å². The molecule has 4 heteroatoms. The lowest BCUT2D eigenvalue weighted by Gasteiger charge is -2.19. The molecule has 3 N–H and O–H groups in total. The summed E-state index contributed by atoms with van der Waals surface area (Å²) < 4.78 is 0. The van der Waals surface area contributed by atoms with Gasteiger partial charge in [-0.15, -0.1) is 0 Å². The van der Waals surface area contributed by atoms with Crippen LogP contribution in [0.25, 0.3) is 0 Å². The normalized spacial score (nSPS) is 17.1. The molecule has 20 heavy (non-hydrogen) atoms. The first-order valence-electron chi connectivity index (χ1n) is 7.46. The van der Waals surface area contributed by atoms with Crippen molar-refractivity contribution in [1.29, 1.82) is 0 Å². The van der Waals surface area contributed by atoms with Crippen molar-refractivity contribution >= 4 is 11.8 Å². The molecule has 1 aromatic rings. The van der Waals surface area contributed by atoms with Crippen LogP contribution in [0, 0.1) is 5.92 Å². The highest BCUT2D eigenvalue weighted by atomic mass is 16.4. The Balaban J connectivity index is 1.84. The maximum absolute atomic E-state index is 10.8. The Hall–Kier alpha value is -1.55. The van der Waals surface area contributed by atoms with E-state index in [-0.39, 0.29) is 0 Å². The largest absolute Gasteiger partial charge is 0.465 e. The Bertz CT molecular complexity index is 442. The van der Waals surface area contributed by atoms with Crippen LogP contribution < -0.4 is 10.6 Å². The van der Waals surface area contributed by atoms with Gasteiger partial charge in [-0.3, -0.25) is 5.32 Å². The fourth-order valence-electron chi connectivity index (χ4n) is 3.03. The fourth-order valence-corrected chi connectivity index (χ4v) is 3.03. The number of rotatable bonds is 6. The molecule has 0 radical (unpaired) electrons. The van der Waals surface area contributed by atoms with Crippen LogP contribution in [0.15, 0.2) is 24.3 Å². The van der Waals surface area contributed by atoms with Crippen molar-refractivity contribution in [2.75, 3.05) is 5.32 Å². The minimum absolute atomic E-state index is 0.469. The number of anilines is 1. The summed E-state index contributed by atoms with van der Waals surface area (Å²) in [4.78, 5) is 10.8. The SMILES string of the molecule is C[C@@H](CC1CCCC1)NCc1ccccc1NC(=O)O. The van der Waals surface area contributed by atoms with Gasteiger partial charge in [0.1, 0.15) is 0 Å². The van der Waals surface area contributed by atoms with E-state index in [1.54, 1.807) is 6.07 Å². The van der Waals surface area contributed by atoms with E-state index in [0.717, 1.165) is 11.5 Å². The number of para-hydroxylation sites is 1. The summed E-state index contributed by atoms with van der Waals surface area (Å²) in [6.07, 6.45) is 5.68. The van der Waals surface area contributed by atoms with Crippen LogP contribution in [-0.4, -0.2) is 17.2 Å². The van der Waals surface area contributed by atoms with Gasteiger partial charge in [0.15, 0.2) is 0 Å². The molecule has 0 aromatic heterocycles. The highest BCUT2D eigenvalue weighted by molar-refractivity contribution is 5.83. The predicted octanol–water partition coefficient (Wildman–Crippen LogP) is 3.83. The number of hydrogen-bond donors (Lipinski definition) is 3. The molecule has 0 aliphatic heterocycles. The van der Waals surface area contributed by atoms with Crippen LogP contribution >= 0.6 is 0 Å². The van der Waals surface area contributed by atoms with Crippen molar-refractivity contribution in [3.8, 4) is 0 Å². The van der Waals surface area contributed by atoms with E-state index in [1.807, 2.05) is 18.2 Å². The van der Waals surface area contributed by atoms with Crippen molar-refractivity contribution in [2.24, 2.45) is 5.92 Å². The second-order valence-electron chi connectivity index (χ2n) is 5.76. The first-order valence-corrected chi connectivity index (χ1v) is 7.46. The Kier molecular flexibility index (Phi) is 5.41. The molecule has 2 rings (SSSR count). The van der Waals surface area contributed by atoms with E-state index in [2.05, 4.69) is 17.6 Å². The summed E-state index contributed by atoms with van der Waals surface area (Å²) >= 11 is 0. The lowest BCUT2D eigenvalue weighted by Crippen LogP contribution is -2.28. The summed E-state index contributed by atoms with van der Waals surface area (Å²) in [5, 5.41) is 14.8. The van der Waals surface area contributed by atoms with Crippen molar-refractivity contribution in [3.63, 3.8) is 0 Å². The molecule has 4 nitrogen and oxygen atoms in total. The first-order chi connectivity index (χ1) is 9.65. The first kappa shape index (κ1) is 14.9. The van der Waals surface area contributed by atoms with Crippen molar-refractivity contribution in [2.45, 2.75) is 51.6 Å². The average Bonchev–Trinajstić information content (AvgIpc) is 2.90. The topological polar surface area (TPSA) is 61.4 Å². The summed E-state index contributed by atoms with van der Waals surface area (Å²) in [7, 11) is 0. The molecule has 1 atom stereocenters. The zero-order valence-electron chi connectivity index (χ0n) is 12.1. The van der Waals surface area contributed by atoms with E-state index < -0.39 is 6.09 Å². The Labute approximate surface area is 120 Å². The van der Waals surface area contributed by atoms with Gasteiger partial charge in [0.05, 0.1) is 0 Å². The smallest absolute Gasteiger partial charge is 0.409 e. The molecule has 110 valence electrons. The van der Waals surface area contributed by atoms with Crippen LogP contribution in [0.3, 0.4) is 0 Å². The summed E-state index contributed by atoms with van der Waals surface area (Å²) in [6, 6.07) is 8.01. The van der Waals surface area contributed by atoms with Gasteiger partial charge in [-0.25, -0.2) is 4.79 Å². The molecule has 0 heterocycles. The van der Waals surface area contributed by atoms with E-state index in [0.29, 0.717) is 18.3 Å². The number of carbonyl (C=O) groups is 1. The van der Waals surface area contributed by atoms with Gasteiger partial charge in [0.2, 0.25) is 0 Å². The molecule has 0 bridgehead atoms. The van der Waals surface area contributed by atoms with Gasteiger partial charge in [-0.05, 0) is 30.9 Å². The molecule has 1 saturated carbocycles. The molecule has 1 fully saturated rings. The van der Waals surface area contributed by atoms with Gasteiger partial charge >= 0.3 is 6.09 Å². The zero-order chi connectivity index (χ0) is 14.4. The standard InChI is InChI=1S/C16H24N2O2/c1-12(10-13-6-2-3-7-13)17-11-14-8-4-5-9-15(14)18-16(19)20/h4-5,8-9,12-13,17-18H,2-3,6-7,10-11H2,1H3,(H,19,20)/t12-/m0/s1. The lowest BCUT2D eigenvalue weighted by atomic mass is 9.99. The van der Waals surface area contributed by atoms with Crippen LogP contribution in [0.2, 0.25) is 0 Å². The average molecular weight is 276 g/mol. The van der Waals surface area contributed by atoms with Crippen molar-refractivity contribution < 1.29 is 9.90 Å². The Morgan fingerprint density at radius 2 is 2.05 bits per heavy atom. The van der Waals surface area contributed by atoms with E-state index in [4.69, 9.17) is 5.11 Å². The van der Waals surface area contributed by atoms with E-state index in [9.17, 15) is 4.79 Å². The van der Waals surface area contributed by atoms with E-state index >= 15 is 0 Å². The molecule has 0 saturated heterocycles. The lowest BCUT2D eigenvalue weighted by molar-refractivity contribution is 0.209. The van der Waals surface area contributed by atoms with Gasteiger partial charge in [0.25, 0.3) is 0 Å². The fraction of sp³-hybridized carbons (Fsp3) is 0.562. The quantitative estimate of drug-likeness (QED) is 0.740. The summed E-state index contributed by atoms with van der Waals surface area (Å²) in [5.41, 5.74) is 1.66. The Morgan fingerprint density at radius 3 is 2.75 bits per heavy atom. The maximum atomic E-state index is 10.8. The molecule has 1 aliphatic rings. The van der Waals surface area contributed by atoms with Crippen LogP contribution in [0.1, 0.15) is 44.6 Å². The minimum Gasteiger partial charge on any atom is -0.465 e.